The van der Waals surface area contributed by atoms with Crippen molar-refractivity contribution in [2.75, 3.05) is 46.5 Å². The first kappa shape index (κ1) is 24.1. The quantitative estimate of drug-likeness (QED) is 0.352. The molecule has 0 spiro atoms. The number of hydrogen-bond acceptors (Lipinski definition) is 7. The minimum absolute atomic E-state index is 0.00247. The molecule has 9 heteroatoms. The number of aliphatic hydroxyl groups excluding tert-OH is 1. The van der Waals surface area contributed by atoms with Crippen molar-refractivity contribution in [3.8, 4) is 11.5 Å². The smallest absolute Gasteiger partial charge is 0.295 e. The van der Waals surface area contributed by atoms with Crippen molar-refractivity contribution < 1.29 is 29.3 Å². The number of ether oxygens (including phenoxy) is 2. The van der Waals surface area contributed by atoms with Gasteiger partial charge in [-0.15, -0.1) is 0 Å². The number of Topliss-reactive ketones (excluding diaryl/α,β-unsaturated/α-hetero) is 1. The molecule has 2 saturated heterocycles. The molecule has 2 aromatic carbocycles. The van der Waals surface area contributed by atoms with Gasteiger partial charge in [0.2, 0.25) is 0 Å². The van der Waals surface area contributed by atoms with Crippen molar-refractivity contribution in [3.63, 3.8) is 0 Å². The summed E-state index contributed by atoms with van der Waals surface area (Å²) in [6.45, 7) is 4.11. The van der Waals surface area contributed by atoms with Crippen molar-refractivity contribution in [2.45, 2.75) is 12.5 Å². The summed E-state index contributed by atoms with van der Waals surface area (Å²) in [4.78, 5) is 29.9. The summed E-state index contributed by atoms with van der Waals surface area (Å²) in [6, 6.07) is 10.3. The molecule has 1 atom stereocenters. The molecule has 2 aromatic rings. The van der Waals surface area contributed by atoms with Gasteiger partial charge in [-0.2, -0.15) is 0 Å². The lowest BCUT2D eigenvalue weighted by Crippen LogP contribution is -2.38. The van der Waals surface area contributed by atoms with Gasteiger partial charge in [-0.1, -0.05) is 23.7 Å². The maximum Gasteiger partial charge on any atom is 0.295 e. The van der Waals surface area contributed by atoms with Gasteiger partial charge in [-0.25, -0.2) is 0 Å². The van der Waals surface area contributed by atoms with E-state index < -0.39 is 23.5 Å². The lowest BCUT2D eigenvalue weighted by Gasteiger charge is -2.29. The molecule has 1 amide bonds. The zero-order chi connectivity index (χ0) is 24.2. The topological polar surface area (TPSA) is 99.5 Å². The van der Waals surface area contributed by atoms with Crippen LogP contribution in [-0.2, 0) is 14.3 Å². The molecule has 2 heterocycles. The van der Waals surface area contributed by atoms with Crippen LogP contribution in [0.5, 0.6) is 11.5 Å². The maximum atomic E-state index is 13.1. The van der Waals surface area contributed by atoms with E-state index >= 15 is 0 Å². The fourth-order valence-corrected chi connectivity index (χ4v) is 4.55. The number of likely N-dealkylation sites (tertiary alicyclic amines) is 1. The highest BCUT2D eigenvalue weighted by atomic mass is 35.5. The number of benzene rings is 2. The molecule has 2 aliphatic rings. The Morgan fingerprint density at radius 1 is 1.12 bits per heavy atom. The summed E-state index contributed by atoms with van der Waals surface area (Å²) < 4.78 is 10.6. The monoisotopic (exact) mass is 486 g/mol. The molecular weight excluding hydrogens is 460 g/mol. The van der Waals surface area contributed by atoms with Crippen LogP contribution in [0.15, 0.2) is 48.0 Å². The van der Waals surface area contributed by atoms with Crippen LogP contribution >= 0.6 is 11.6 Å². The number of halogens is 1. The van der Waals surface area contributed by atoms with E-state index in [1.54, 1.807) is 31.4 Å². The molecule has 34 heavy (non-hydrogen) atoms. The van der Waals surface area contributed by atoms with Gasteiger partial charge in [-0.05, 0) is 42.3 Å². The third-order valence-electron chi connectivity index (χ3n) is 6.16. The van der Waals surface area contributed by atoms with Crippen molar-refractivity contribution >= 4 is 29.1 Å². The first-order valence-electron chi connectivity index (χ1n) is 11.1. The van der Waals surface area contributed by atoms with Crippen molar-refractivity contribution in [1.29, 1.82) is 0 Å². The number of carbonyl (C=O) groups is 2. The Labute approximate surface area is 202 Å². The molecule has 0 radical (unpaired) electrons. The SMILES string of the molecule is COc1ccc(C2/C(=C(\O)c3cc(Cl)ccc3O)C(=O)C(=O)N2CCCN2CCOCC2)cc1. The largest absolute Gasteiger partial charge is 0.507 e. The maximum absolute atomic E-state index is 13.1. The number of hydrogen-bond donors (Lipinski definition) is 2. The van der Waals surface area contributed by atoms with E-state index in [1.165, 1.54) is 23.1 Å². The number of morpholine rings is 1. The third kappa shape index (κ3) is 4.89. The minimum Gasteiger partial charge on any atom is -0.507 e. The number of aliphatic hydroxyl groups is 1. The standard InChI is InChI=1S/C25H27ClN2O6/c1-33-18-6-3-16(4-7-18)22-21(23(30)19-15-17(26)5-8-20(19)29)24(31)25(32)28(22)10-2-9-27-11-13-34-14-12-27/h3-8,15,22,29-30H,2,9-14H2,1H3/b23-21+. The Balaban J connectivity index is 1.70. The summed E-state index contributed by atoms with van der Waals surface area (Å²) in [6.07, 6.45) is 0.655. The lowest BCUT2D eigenvalue weighted by molar-refractivity contribution is -0.140. The molecule has 0 bridgehead atoms. The zero-order valence-corrected chi connectivity index (χ0v) is 19.6. The van der Waals surface area contributed by atoms with Gasteiger partial charge in [0, 0.05) is 31.2 Å². The van der Waals surface area contributed by atoms with E-state index in [0.29, 0.717) is 37.5 Å². The Hall–Kier alpha value is -3.07. The van der Waals surface area contributed by atoms with Crippen LogP contribution in [-0.4, -0.2) is 78.2 Å². The predicted octanol–water partition coefficient (Wildman–Crippen LogP) is 3.20. The normalized spacial score (nSPS) is 20.6. The van der Waals surface area contributed by atoms with E-state index in [-0.39, 0.29) is 21.9 Å². The predicted molar refractivity (Wildman–Crippen MR) is 127 cm³/mol. The molecule has 2 fully saturated rings. The lowest BCUT2D eigenvalue weighted by atomic mass is 9.95. The van der Waals surface area contributed by atoms with Gasteiger partial charge in [0.05, 0.1) is 37.5 Å². The van der Waals surface area contributed by atoms with Crippen LogP contribution in [0.2, 0.25) is 5.02 Å². The average molecular weight is 487 g/mol. The molecule has 8 nitrogen and oxygen atoms in total. The van der Waals surface area contributed by atoms with Crippen LogP contribution in [0, 0.1) is 0 Å². The second-order valence-electron chi connectivity index (χ2n) is 8.23. The first-order valence-corrected chi connectivity index (χ1v) is 11.5. The molecule has 4 rings (SSSR count). The van der Waals surface area contributed by atoms with Crippen LogP contribution in [0.4, 0.5) is 0 Å². The summed E-state index contributed by atoms with van der Waals surface area (Å²) >= 11 is 6.06. The molecule has 180 valence electrons. The highest BCUT2D eigenvalue weighted by Crippen LogP contribution is 2.41. The first-order chi connectivity index (χ1) is 16.4. The summed E-state index contributed by atoms with van der Waals surface area (Å²) in [5.74, 6) is -1.57. The molecule has 2 N–H and O–H groups in total. The number of aromatic hydroxyl groups is 1. The van der Waals surface area contributed by atoms with Gasteiger partial charge in [-0.3, -0.25) is 14.5 Å². The van der Waals surface area contributed by atoms with Crippen LogP contribution in [0.3, 0.4) is 0 Å². The number of nitrogens with zero attached hydrogens (tertiary/aromatic N) is 2. The van der Waals surface area contributed by atoms with Gasteiger partial charge in [0.1, 0.15) is 17.3 Å². The van der Waals surface area contributed by atoms with Crippen LogP contribution in [0.25, 0.3) is 5.76 Å². The van der Waals surface area contributed by atoms with E-state index in [2.05, 4.69) is 4.90 Å². The number of phenolic OH excluding ortho intramolecular Hbond substituents is 1. The second kappa shape index (κ2) is 10.5. The summed E-state index contributed by atoms with van der Waals surface area (Å²) in [5.41, 5.74) is 0.561. The van der Waals surface area contributed by atoms with Crippen LogP contribution < -0.4 is 4.74 Å². The fourth-order valence-electron chi connectivity index (χ4n) is 4.38. The number of ketones is 1. The number of carbonyl (C=O) groups excluding carboxylic acids is 2. The molecule has 1 unspecified atom stereocenters. The van der Waals surface area contributed by atoms with E-state index in [4.69, 9.17) is 21.1 Å². The Morgan fingerprint density at radius 2 is 1.82 bits per heavy atom. The molecule has 0 aliphatic carbocycles. The number of methoxy groups -OCH3 is 1. The Kier molecular flexibility index (Phi) is 7.41. The average Bonchev–Trinajstić information content (AvgIpc) is 3.11. The number of phenols is 1. The second-order valence-corrected chi connectivity index (χ2v) is 8.67. The highest BCUT2D eigenvalue weighted by molar-refractivity contribution is 6.46. The molecule has 0 aromatic heterocycles. The van der Waals surface area contributed by atoms with E-state index in [9.17, 15) is 19.8 Å². The fraction of sp³-hybridized carbons (Fsp3) is 0.360. The van der Waals surface area contributed by atoms with Crippen molar-refractivity contribution in [3.05, 3.63) is 64.2 Å². The molecular formula is C25H27ClN2O6. The Morgan fingerprint density at radius 3 is 2.50 bits per heavy atom. The minimum atomic E-state index is -0.811. The highest BCUT2D eigenvalue weighted by Gasteiger charge is 2.46. The van der Waals surface area contributed by atoms with Gasteiger partial charge >= 0.3 is 0 Å². The molecule has 0 saturated carbocycles. The van der Waals surface area contributed by atoms with Crippen molar-refractivity contribution in [2.24, 2.45) is 0 Å². The number of amides is 1. The summed E-state index contributed by atoms with van der Waals surface area (Å²) in [5, 5.41) is 21.7. The van der Waals surface area contributed by atoms with E-state index in [0.717, 1.165) is 19.6 Å². The van der Waals surface area contributed by atoms with E-state index in [1.807, 2.05) is 0 Å². The molecule has 2 aliphatic heterocycles. The van der Waals surface area contributed by atoms with Crippen LogP contribution in [0.1, 0.15) is 23.6 Å². The van der Waals surface area contributed by atoms with Gasteiger partial charge in [0.15, 0.2) is 0 Å². The third-order valence-corrected chi connectivity index (χ3v) is 6.40. The summed E-state index contributed by atoms with van der Waals surface area (Å²) in [7, 11) is 1.55. The van der Waals surface area contributed by atoms with Crippen molar-refractivity contribution in [1.82, 2.24) is 9.80 Å². The Bertz CT molecular complexity index is 1100. The van der Waals surface area contributed by atoms with Gasteiger partial charge in [0.25, 0.3) is 11.7 Å². The number of rotatable bonds is 7. The van der Waals surface area contributed by atoms with Gasteiger partial charge < -0.3 is 24.6 Å². The zero-order valence-electron chi connectivity index (χ0n) is 18.9.